The van der Waals surface area contributed by atoms with E-state index in [1.54, 1.807) is 20.8 Å². The summed E-state index contributed by atoms with van der Waals surface area (Å²) in [4.78, 5) is 32.2. The van der Waals surface area contributed by atoms with E-state index >= 15 is 0 Å². The summed E-state index contributed by atoms with van der Waals surface area (Å²) in [6, 6.07) is 0. The molecule has 0 aromatic carbocycles. The van der Waals surface area contributed by atoms with Gasteiger partial charge < -0.3 is 19.8 Å². The van der Waals surface area contributed by atoms with Gasteiger partial charge in [0.2, 0.25) is 0 Å². The van der Waals surface area contributed by atoms with Gasteiger partial charge in [0.1, 0.15) is 6.29 Å². The molecular formula is C12H19NaO5. The molecule has 98 valence electrons. The first-order valence-electron chi connectivity index (χ1n) is 5.57. The normalized spacial score (nSPS) is 14.2. The fourth-order valence-electron chi connectivity index (χ4n) is 1.81. The molecule has 0 rings (SSSR count). The van der Waals surface area contributed by atoms with Crippen LogP contribution in [0.2, 0.25) is 0 Å². The van der Waals surface area contributed by atoms with Crippen LogP contribution in [0, 0.1) is 17.3 Å². The van der Waals surface area contributed by atoms with E-state index in [0.29, 0.717) is 6.29 Å². The van der Waals surface area contributed by atoms with Crippen molar-refractivity contribution in [3.63, 3.8) is 0 Å². The second-order valence-corrected chi connectivity index (χ2v) is 5.27. The molecule has 18 heavy (non-hydrogen) atoms. The van der Waals surface area contributed by atoms with Crippen molar-refractivity contribution in [1.82, 2.24) is 0 Å². The Balaban J connectivity index is 0. The summed E-state index contributed by atoms with van der Waals surface area (Å²) in [6.45, 7) is 4.98. The van der Waals surface area contributed by atoms with Crippen molar-refractivity contribution in [1.29, 1.82) is 0 Å². The van der Waals surface area contributed by atoms with Gasteiger partial charge in [-0.25, -0.2) is 0 Å². The van der Waals surface area contributed by atoms with Gasteiger partial charge in [-0.1, -0.05) is 20.8 Å². The van der Waals surface area contributed by atoms with Gasteiger partial charge in [0, 0.05) is 17.8 Å². The van der Waals surface area contributed by atoms with Gasteiger partial charge in [-0.15, -0.1) is 0 Å². The molecule has 0 spiro atoms. The maximum atomic E-state index is 10.9. The van der Waals surface area contributed by atoms with Crippen LogP contribution in [-0.2, 0) is 14.4 Å². The first-order chi connectivity index (χ1) is 7.68. The van der Waals surface area contributed by atoms with Crippen LogP contribution in [0.15, 0.2) is 0 Å². The molecule has 0 aliphatic carbocycles. The molecular weight excluding hydrogens is 247 g/mol. The number of hydrogen-bond acceptors (Lipinski definition) is 4. The van der Waals surface area contributed by atoms with E-state index in [4.69, 9.17) is 5.11 Å². The summed E-state index contributed by atoms with van der Waals surface area (Å²) in [5, 5.41) is 19.5. The number of hydrogen-bond donors (Lipinski definition) is 1. The molecule has 6 heteroatoms. The Labute approximate surface area is 129 Å². The van der Waals surface area contributed by atoms with E-state index in [9.17, 15) is 19.5 Å². The summed E-state index contributed by atoms with van der Waals surface area (Å²) < 4.78 is 0. The van der Waals surface area contributed by atoms with Crippen molar-refractivity contribution in [3.05, 3.63) is 0 Å². The van der Waals surface area contributed by atoms with Crippen molar-refractivity contribution >= 4 is 18.2 Å². The monoisotopic (exact) mass is 266 g/mol. The van der Waals surface area contributed by atoms with Gasteiger partial charge in [0.25, 0.3) is 0 Å². The first-order valence-corrected chi connectivity index (χ1v) is 5.57. The van der Waals surface area contributed by atoms with Gasteiger partial charge in [-0.2, -0.15) is 0 Å². The van der Waals surface area contributed by atoms with Crippen LogP contribution in [0.1, 0.15) is 40.0 Å². The molecule has 0 bridgehead atoms. The molecule has 0 saturated carbocycles. The number of carbonyl (C=O) groups is 3. The summed E-state index contributed by atoms with van der Waals surface area (Å²) >= 11 is 0. The predicted octanol–water partition coefficient (Wildman–Crippen LogP) is -2.53. The van der Waals surface area contributed by atoms with E-state index in [1.165, 1.54) is 0 Å². The zero-order chi connectivity index (χ0) is 13.6. The zero-order valence-corrected chi connectivity index (χ0v) is 13.4. The minimum absolute atomic E-state index is 0. The fourth-order valence-corrected chi connectivity index (χ4v) is 1.81. The maximum Gasteiger partial charge on any atom is 1.00 e. The van der Waals surface area contributed by atoms with Crippen LogP contribution in [0.25, 0.3) is 0 Å². The number of carboxylic acids is 2. The third kappa shape index (κ3) is 8.66. The second kappa shape index (κ2) is 8.67. The van der Waals surface area contributed by atoms with Crippen molar-refractivity contribution in [2.24, 2.45) is 17.3 Å². The number of carboxylic acid groups (broad SMARTS) is 2. The summed E-state index contributed by atoms with van der Waals surface area (Å²) in [6.07, 6.45) is 1.02. The Morgan fingerprint density at radius 1 is 1.39 bits per heavy atom. The van der Waals surface area contributed by atoms with Crippen molar-refractivity contribution in [3.8, 4) is 0 Å². The van der Waals surface area contributed by atoms with Gasteiger partial charge in [-0.05, 0) is 24.7 Å². The molecule has 2 atom stereocenters. The van der Waals surface area contributed by atoms with Crippen LogP contribution in [0.3, 0.4) is 0 Å². The Morgan fingerprint density at radius 2 is 1.89 bits per heavy atom. The Bertz CT molecular complexity index is 301. The van der Waals surface area contributed by atoms with Crippen LogP contribution < -0.4 is 34.7 Å². The number of aldehydes is 1. The second-order valence-electron chi connectivity index (χ2n) is 5.27. The first kappa shape index (κ1) is 19.9. The molecule has 0 amide bonds. The van der Waals surface area contributed by atoms with Crippen LogP contribution >= 0.6 is 0 Å². The Kier molecular flexibility index (Phi) is 9.60. The van der Waals surface area contributed by atoms with Gasteiger partial charge >= 0.3 is 35.5 Å². The van der Waals surface area contributed by atoms with Gasteiger partial charge in [-0.3, -0.25) is 4.79 Å². The quantitative estimate of drug-likeness (QED) is 0.386. The summed E-state index contributed by atoms with van der Waals surface area (Å²) in [5.41, 5.74) is -0.728. The average Bonchev–Trinajstić information content (AvgIpc) is 2.15. The minimum atomic E-state index is -1.22. The molecule has 5 nitrogen and oxygen atoms in total. The topological polar surface area (TPSA) is 94.5 Å². The van der Waals surface area contributed by atoms with E-state index in [2.05, 4.69) is 0 Å². The molecule has 0 radical (unpaired) electrons. The van der Waals surface area contributed by atoms with Crippen LogP contribution in [0.4, 0.5) is 0 Å². The molecule has 1 N–H and O–H groups in total. The van der Waals surface area contributed by atoms with Crippen molar-refractivity contribution in [2.45, 2.75) is 40.0 Å². The van der Waals surface area contributed by atoms with E-state index in [0.717, 1.165) is 0 Å². The number of rotatable bonds is 8. The smallest absolute Gasteiger partial charge is 0.550 e. The van der Waals surface area contributed by atoms with Crippen molar-refractivity contribution < 1.29 is 54.2 Å². The van der Waals surface area contributed by atoms with Crippen LogP contribution in [0.5, 0.6) is 0 Å². The molecule has 0 heterocycles. The number of carbonyl (C=O) groups excluding carboxylic acids is 2. The molecule has 0 aliphatic rings. The summed E-state index contributed by atoms with van der Waals surface area (Å²) in [7, 11) is 0. The zero-order valence-electron chi connectivity index (χ0n) is 11.4. The molecule has 0 aromatic rings. The minimum Gasteiger partial charge on any atom is -0.550 e. The maximum absolute atomic E-state index is 10.9. The third-order valence-electron chi connectivity index (χ3n) is 2.63. The SMILES string of the molecule is CC(CC(=O)O)CC(CC(C)(C)C=O)C(=O)[O-].[Na+]. The number of aliphatic carboxylic acids is 2. The Morgan fingerprint density at radius 3 is 2.22 bits per heavy atom. The molecule has 0 aromatic heterocycles. The van der Waals surface area contributed by atoms with Crippen LogP contribution in [-0.4, -0.2) is 23.3 Å². The molecule has 0 saturated heterocycles. The van der Waals surface area contributed by atoms with E-state index in [1.807, 2.05) is 0 Å². The van der Waals surface area contributed by atoms with Crippen molar-refractivity contribution in [2.75, 3.05) is 0 Å². The molecule has 0 aliphatic heterocycles. The predicted molar refractivity (Wildman–Crippen MR) is 59.0 cm³/mol. The molecule has 2 unspecified atom stereocenters. The largest absolute Gasteiger partial charge is 1.00 e. The standard InChI is InChI=1S/C12H20O5.Na/c1-8(5-10(14)15)4-9(11(16)17)6-12(2,3)7-13;/h7-9H,4-6H2,1-3H3,(H,14,15)(H,16,17);/q;+1/p-1. The fraction of sp³-hybridized carbons (Fsp3) is 0.750. The third-order valence-corrected chi connectivity index (χ3v) is 2.63. The molecule has 0 fully saturated rings. The van der Waals surface area contributed by atoms with E-state index < -0.39 is 23.3 Å². The van der Waals surface area contributed by atoms with Gasteiger partial charge in [0.15, 0.2) is 0 Å². The average molecular weight is 266 g/mol. The van der Waals surface area contributed by atoms with E-state index in [-0.39, 0.29) is 54.7 Å². The van der Waals surface area contributed by atoms with Gasteiger partial charge in [0.05, 0.1) is 0 Å². The summed E-state index contributed by atoms with van der Waals surface area (Å²) in [5.74, 6) is -3.22. The Hall–Kier alpha value is -0.390.